The molecule has 3 aromatic rings. The Bertz CT molecular complexity index is 1470. The fourth-order valence-corrected chi connectivity index (χ4v) is 5.22. The summed E-state index contributed by atoms with van der Waals surface area (Å²) >= 11 is 0. The zero-order chi connectivity index (χ0) is 30.1. The van der Waals surface area contributed by atoms with Crippen LogP contribution >= 0.6 is 0 Å². The first kappa shape index (κ1) is 30.8. The second-order valence-corrected chi connectivity index (χ2v) is 11.3. The van der Waals surface area contributed by atoms with Gasteiger partial charge in [-0.1, -0.05) is 29.8 Å². The summed E-state index contributed by atoms with van der Waals surface area (Å²) in [5, 5.41) is 5.56. The normalized spacial score (nSPS) is 13.8. The van der Waals surface area contributed by atoms with E-state index in [0.717, 1.165) is 16.8 Å². The maximum atomic E-state index is 12.8. The van der Waals surface area contributed by atoms with E-state index in [0.29, 0.717) is 49.8 Å². The van der Waals surface area contributed by atoms with E-state index < -0.39 is 16.1 Å². The van der Waals surface area contributed by atoms with Gasteiger partial charge in [-0.25, -0.2) is 9.59 Å². The Labute approximate surface area is 245 Å². The van der Waals surface area contributed by atoms with Crippen molar-refractivity contribution in [3.63, 3.8) is 0 Å². The Morgan fingerprint density at radius 2 is 1.67 bits per heavy atom. The number of anilines is 2. The summed E-state index contributed by atoms with van der Waals surface area (Å²) < 4.78 is 41.3. The summed E-state index contributed by atoms with van der Waals surface area (Å²) in [6.07, 6.45) is 1.20. The third kappa shape index (κ3) is 8.41. The molecule has 0 bridgehead atoms. The molecule has 1 aliphatic rings. The first-order valence-electron chi connectivity index (χ1n) is 13.4. The van der Waals surface area contributed by atoms with Gasteiger partial charge in [0.25, 0.3) is 10.1 Å². The van der Waals surface area contributed by atoms with E-state index >= 15 is 0 Å². The van der Waals surface area contributed by atoms with Crippen LogP contribution in [0.15, 0.2) is 65.7 Å². The summed E-state index contributed by atoms with van der Waals surface area (Å²) in [6, 6.07) is 14.8. The van der Waals surface area contributed by atoms with Crippen molar-refractivity contribution in [2.24, 2.45) is 0 Å². The van der Waals surface area contributed by atoms with Gasteiger partial charge in [-0.2, -0.15) is 8.42 Å². The molecule has 0 spiro atoms. The molecule has 0 unspecified atom stereocenters. The van der Waals surface area contributed by atoms with E-state index in [1.54, 1.807) is 47.5 Å². The molecule has 224 valence electrons. The monoisotopic (exact) mass is 597 g/mol. The number of aromatic nitrogens is 1. The number of carbonyl (C=O) groups is 2. The molecular formula is C29H35N5O7S. The van der Waals surface area contributed by atoms with Gasteiger partial charge in [0, 0.05) is 44.0 Å². The van der Waals surface area contributed by atoms with Gasteiger partial charge in [0.1, 0.15) is 19.0 Å². The Morgan fingerprint density at radius 1 is 0.929 bits per heavy atom. The van der Waals surface area contributed by atoms with Gasteiger partial charge in [0.2, 0.25) is 0 Å². The van der Waals surface area contributed by atoms with Gasteiger partial charge in [-0.3, -0.25) is 14.1 Å². The highest BCUT2D eigenvalue weighted by molar-refractivity contribution is 7.86. The topological polar surface area (TPSA) is 139 Å². The maximum absolute atomic E-state index is 12.8. The lowest BCUT2D eigenvalue weighted by Crippen LogP contribution is -2.48. The summed E-state index contributed by atoms with van der Waals surface area (Å²) in [7, 11) is -2.60. The molecule has 42 heavy (non-hydrogen) atoms. The molecular weight excluding hydrogens is 562 g/mol. The molecule has 2 N–H and O–H groups in total. The molecule has 2 heterocycles. The van der Waals surface area contributed by atoms with Crippen molar-refractivity contribution in [2.45, 2.75) is 25.3 Å². The molecule has 0 aliphatic carbocycles. The molecule has 0 radical (unpaired) electrons. The average molecular weight is 598 g/mol. The molecule has 0 saturated carbocycles. The van der Waals surface area contributed by atoms with Crippen LogP contribution in [0.4, 0.5) is 21.0 Å². The number of piperazine rings is 1. The minimum absolute atomic E-state index is 0.0595. The van der Waals surface area contributed by atoms with E-state index in [1.807, 2.05) is 19.9 Å². The smallest absolute Gasteiger partial charge is 0.409 e. The molecule has 1 aromatic heterocycles. The van der Waals surface area contributed by atoms with Crippen LogP contribution in [0.5, 0.6) is 5.75 Å². The number of nitrogens with zero attached hydrogens (tertiary/aromatic N) is 3. The molecule has 12 nitrogen and oxygen atoms in total. The van der Waals surface area contributed by atoms with E-state index in [9.17, 15) is 18.0 Å². The predicted molar refractivity (Wildman–Crippen MR) is 157 cm³/mol. The first-order chi connectivity index (χ1) is 20.1. The van der Waals surface area contributed by atoms with Gasteiger partial charge in [-0.15, -0.1) is 0 Å². The Balaban J connectivity index is 1.46. The van der Waals surface area contributed by atoms with Crippen molar-refractivity contribution in [1.29, 1.82) is 0 Å². The summed E-state index contributed by atoms with van der Waals surface area (Å²) in [6.45, 7) is 6.13. The van der Waals surface area contributed by atoms with Crippen molar-refractivity contribution in [3.8, 4) is 5.75 Å². The predicted octanol–water partition coefficient (Wildman–Crippen LogP) is 4.01. The van der Waals surface area contributed by atoms with Crippen LogP contribution in [-0.2, 0) is 25.6 Å². The molecule has 0 atom stereocenters. The number of hydrogen-bond donors (Lipinski definition) is 2. The highest BCUT2D eigenvalue weighted by Crippen LogP contribution is 2.31. The van der Waals surface area contributed by atoms with Crippen molar-refractivity contribution >= 4 is 33.6 Å². The summed E-state index contributed by atoms with van der Waals surface area (Å²) in [4.78, 5) is 32.7. The number of urea groups is 1. The second-order valence-electron chi connectivity index (χ2n) is 9.73. The molecule has 1 saturated heterocycles. The molecule has 2 aromatic carbocycles. The fourth-order valence-electron chi connectivity index (χ4n) is 4.32. The van der Waals surface area contributed by atoms with Crippen molar-refractivity contribution in [1.82, 2.24) is 14.8 Å². The second kappa shape index (κ2) is 14.1. The standard InChI is InChI=1S/C29H35N5O7S/c1-21-7-11-25(12-8-21)42(37,38)41-18-17-40-27-23(20-33-13-15-34(16-14-33)29(36)39-3)5-4-6-26(27)32-28(35)31-24-10-9-22(2)30-19-24/h4-12,19H,13-18,20H2,1-3H3,(H2,31,32,35). The van der Waals surface area contributed by atoms with Crippen LogP contribution in [-0.4, -0.2) is 81.8 Å². The minimum Gasteiger partial charge on any atom is -0.489 e. The number of amides is 3. The maximum Gasteiger partial charge on any atom is 0.409 e. The Morgan fingerprint density at radius 3 is 2.33 bits per heavy atom. The lowest BCUT2D eigenvalue weighted by atomic mass is 10.1. The van der Waals surface area contributed by atoms with Crippen molar-refractivity contribution < 1.29 is 31.7 Å². The number of pyridine rings is 1. The number of nitrogens with one attached hydrogen (secondary N) is 2. The van der Waals surface area contributed by atoms with Gasteiger partial charge in [-0.05, 0) is 44.2 Å². The number of methoxy groups -OCH3 is 1. The van der Waals surface area contributed by atoms with E-state index in [2.05, 4.69) is 20.5 Å². The van der Waals surface area contributed by atoms with Crippen LogP contribution in [0.3, 0.4) is 0 Å². The van der Waals surface area contributed by atoms with Crippen LogP contribution in [0.2, 0.25) is 0 Å². The minimum atomic E-state index is -3.96. The van der Waals surface area contributed by atoms with Gasteiger partial charge in [0.05, 0.1) is 29.6 Å². The van der Waals surface area contributed by atoms with Crippen LogP contribution < -0.4 is 15.4 Å². The highest BCUT2D eigenvalue weighted by atomic mass is 32.2. The third-order valence-corrected chi connectivity index (χ3v) is 7.92. The number of ether oxygens (including phenoxy) is 2. The Hall–Kier alpha value is -4.20. The van der Waals surface area contributed by atoms with Crippen molar-refractivity contribution in [3.05, 3.63) is 77.6 Å². The van der Waals surface area contributed by atoms with Crippen LogP contribution in [0.1, 0.15) is 16.8 Å². The molecule has 1 aliphatic heterocycles. The zero-order valence-electron chi connectivity index (χ0n) is 23.8. The fraction of sp³-hybridized carbons (Fsp3) is 0.345. The van der Waals surface area contributed by atoms with Crippen molar-refractivity contribution in [2.75, 3.05) is 57.1 Å². The Kier molecular flexibility index (Phi) is 10.3. The number of aryl methyl sites for hydroxylation is 2. The molecule has 1 fully saturated rings. The summed E-state index contributed by atoms with van der Waals surface area (Å²) in [5.41, 5.74) is 3.46. The number of carbonyl (C=O) groups excluding carboxylic acids is 2. The SMILES string of the molecule is COC(=O)N1CCN(Cc2cccc(NC(=O)Nc3ccc(C)nc3)c2OCCOS(=O)(=O)c2ccc(C)cc2)CC1. The molecule has 13 heteroatoms. The molecule has 3 amide bonds. The first-order valence-corrected chi connectivity index (χ1v) is 14.8. The number of para-hydroxylation sites is 1. The van der Waals surface area contributed by atoms with Crippen LogP contribution in [0, 0.1) is 13.8 Å². The lowest BCUT2D eigenvalue weighted by Gasteiger charge is -2.34. The van der Waals surface area contributed by atoms with Gasteiger partial charge < -0.3 is 25.0 Å². The lowest BCUT2D eigenvalue weighted by molar-refractivity contribution is 0.0885. The van der Waals surface area contributed by atoms with E-state index in [-0.39, 0.29) is 24.2 Å². The highest BCUT2D eigenvalue weighted by Gasteiger charge is 2.23. The largest absolute Gasteiger partial charge is 0.489 e. The van der Waals surface area contributed by atoms with E-state index in [1.165, 1.54) is 19.2 Å². The zero-order valence-corrected chi connectivity index (χ0v) is 24.6. The van der Waals surface area contributed by atoms with E-state index in [4.69, 9.17) is 13.7 Å². The number of benzene rings is 2. The quantitative estimate of drug-likeness (QED) is 0.262. The molecule has 4 rings (SSSR count). The summed E-state index contributed by atoms with van der Waals surface area (Å²) in [5.74, 6) is 0.390. The van der Waals surface area contributed by atoms with Gasteiger partial charge >= 0.3 is 12.1 Å². The van der Waals surface area contributed by atoms with Crippen LogP contribution in [0.25, 0.3) is 0 Å². The average Bonchev–Trinajstić information content (AvgIpc) is 2.97. The third-order valence-electron chi connectivity index (χ3n) is 6.59. The number of hydrogen-bond acceptors (Lipinski definition) is 9. The van der Waals surface area contributed by atoms with Gasteiger partial charge in [0.15, 0.2) is 0 Å². The number of rotatable bonds is 10.